The number of hydrogen-bond donors (Lipinski definition) is 1. The highest BCUT2D eigenvalue weighted by Gasteiger charge is 2.17. The average Bonchev–Trinajstić information content (AvgIpc) is 2.64. The molecule has 0 radical (unpaired) electrons. The summed E-state index contributed by atoms with van der Waals surface area (Å²) in [4.78, 5) is 25.0. The lowest BCUT2D eigenvalue weighted by Gasteiger charge is -2.21. The van der Waals surface area contributed by atoms with E-state index >= 15 is 0 Å². The number of carbonyl (C=O) groups is 2. The Morgan fingerprint density at radius 2 is 1.68 bits per heavy atom. The maximum absolute atomic E-state index is 12.5. The van der Waals surface area contributed by atoms with Gasteiger partial charge in [-0.05, 0) is 30.0 Å². The summed E-state index contributed by atoms with van der Waals surface area (Å²) in [5.74, 6) is -0.424. The largest absolute Gasteiger partial charge is 0.496 e. The van der Waals surface area contributed by atoms with Crippen molar-refractivity contribution >= 4 is 11.9 Å². The van der Waals surface area contributed by atoms with Crippen LogP contribution in [0.1, 0.15) is 17.5 Å². The van der Waals surface area contributed by atoms with Gasteiger partial charge in [0.05, 0.1) is 7.11 Å². The standard InChI is InChI=1S/C20H23NO4/c1-25-18-10-6-5-9-17(18)11-12-19(22)21(15-20(23)24)14-13-16-7-3-2-4-8-16/h2-10H,11-15H2,1H3,(H,23,24). The molecule has 0 heterocycles. The van der Waals surface area contributed by atoms with Crippen LogP contribution in [-0.4, -0.2) is 42.1 Å². The van der Waals surface area contributed by atoms with Crippen molar-refractivity contribution in [3.63, 3.8) is 0 Å². The number of carboxylic acids is 1. The summed E-state index contributed by atoms with van der Waals surface area (Å²) in [6.45, 7) is 0.110. The first-order chi connectivity index (χ1) is 12.1. The molecule has 2 rings (SSSR count). The molecule has 0 atom stereocenters. The minimum absolute atomic E-state index is 0.163. The van der Waals surface area contributed by atoms with E-state index in [1.807, 2.05) is 54.6 Å². The number of aliphatic carboxylic acids is 1. The number of rotatable bonds is 9. The first kappa shape index (κ1) is 18.5. The number of ether oxygens (including phenoxy) is 1. The molecule has 1 N–H and O–H groups in total. The zero-order chi connectivity index (χ0) is 18.1. The van der Waals surface area contributed by atoms with E-state index in [1.165, 1.54) is 4.90 Å². The molecule has 0 saturated carbocycles. The number of hydrogen-bond acceptors (Lipinski definition) is 3. The molecule has 1 amide bonds. The third kappa shape index (κ3) is 5.95. The molecule has 0 unspecified atom stereocenters. The number of carbonyl (C=O) groups excluding carboxylic acids is 1. The Morgan fingerprint density at radius 1 is 1.00 bits per heavy atom. The van der Waals surface area contributed by atoms with Crippen LogP contribution in [0.4, 0.5) is 0 Å². The van der Waals surface area contributed by atoms with Crippen LogP contribution in [0.15, 0.2) is 54.6 Å². The van der Waals surface area contributed by atoms with Gasteiger partial charge in [0, 0.05) is 13.0 Å². The number of carboxylic acid groups (broad SMARTS) is 1. The van der Waals surface area contributed by atoms with Crippen molar-refractivity contribution in [3.8, 4) is 5.75 Å². The summed E-state index contributed by atoms with van der Waals surface area (Å²) in [5.41, 5.74) is 2.02. The van der Waals surface area contributed by atoms with Gasteiger partial charge in [-0.3, -0.25) is 9.59 Å². The van der Waals surface area contributed by atoms with Crippen molar-refractivity contribution < 1.29 is 19.4 Å². The molecule has 25 heavy (non-hydrogen) atoms. The van der Waals surface area contributed by atoms with Gasteiger partial charge >= 0.3 is 5.97 Å². The fourth-order valence-corrected chi connectivity index (χ4v) is 2.67. The molecule has 0 aliphatic heterocycles. The molecule has 0 saturated heterocycles. The van der Waals surface area contributed by atoms with Gasteiger partial charge in [-0.25, -0.2) is 0 Å². The number of amides is 1. The van der Waals surface area contributed by atoms with Gasteiger partial charge in [-0.15, -0.1) is 0 Å². The monoisotopic (exact) mass is 341 g/mol. The molecule has 5 nitrogen and oxygen atoms in total. The SMILES string of the molecule is COc1ccccc1CCC(=O)N(CCc1ccccc1)CC(=O)O. The number of para-hydroxylation sites is 1. The average molecular weight is 341 g/mol. The second-order valence-corrected chi connectivity index (χ2v) is 5.76. The fraction of sp³-hybridized carbons (Fsp3) is 0.300. The zero-order valence-corrected chi connectivity index (χ0v) is 14.4. The Labute approximate surface area is 147 Å². The maximum atomic E-state index is 12.5. The first-order valence-electron chi connectivity index (χ1n) is 8.25. The highest BCUT2D eigenvalue weighted by atomic mass is 16.5. The third-order valence-electron chi connectivity index (χ3n) is 3.99. The molecule has 132 valence electrons. The van der Waals surface area contributed by atoms with Crippen molar-refractivity contribution in [3.05, 3.63) is 65.7 Å². The second-order valence-electron chi connectivity index (χ2n) is 5.76. The van der Waals surface area contributed by atoms with Gasteiger partial charge in [0.1, 0.15) is 12.3 Å². The Hall–Kier alpha value is -2.82. The van der Waals surface area contributed by atoms with Crippen LogP contribution < -0.4 is 4.74 Å². The molecule has 0 aliphatic rings. The number of nitrogens with zero attached hydrogens (tertiary/aromatic N) is 1. The molecule has 0 aromatic heterocycles. The summed E-state index contributed by atoms with van der Waals surface area (Å²) in [7, 11) is 1.59. The van der Waals surface area contributed by atoms with Gasteiger partial charge in [-0.2, -0.15) is 0 Å². The summed E-state index contributed by atoms with van der Waals surface area (Å²) in [5, 5.41) is 9.08. The van der Waals surface area contributed by atoms with Crippen LogP contribution in [0.3, 0.4) is 0 Å². The second kappa shape index (κ2) is 9.47. The van der Waals surface area contributed by atoms with E-state index in [1.54, 1.807) is 7.11 Å². The Morgan fingerprint density at radius 3 is 2.36 bits per heavy atom. The van der Waals surface area contributed by atoms with Crippen molar-refractivity contribution in [2.45, 2.75) is 19.3 Å². The van der Waals surface area contributed by atoms with Crippen LogP contribution in [0, 0.1) is 0 Å². The van der Waals surface area contributed by atoms with Crippen LogP contribution in [0.2, 0.25) is 0 Å². The fourth-order valence-electron chi connectivity index (χ4n) is 2.67. The van der Waals surface area contributed by atoms with Gasteiger partial charge in [0.2, 0.25) is 5.91 Å². The van der Waals surface area contributed by atoms with Crippen LogP contribution in [-0.2, 0) is 22.4 Å². The molecule has 0 fully saturated rings. The normalized spacial score (nSPS) is 10.3. The number of methoxy groups -OCH3 is 1. The summed E-state index contributed by atoms with van der Waals surface area (Å²) >= 11 is 0. The summed E-state index contributed by atoms with van der Waals surface area (Å²) in [6.07, 6.45) is 1.40. The third-order valence-corrected chi connectivity index (χ3v) is 3.99. The molecule has 0 aliphatic carbocycles. The topological polar surface area (TPSA) is 66.8 Å². The van der Waals surface area contributed by atoms with E-state index in [2.05, 4.69) is 0 Å². The Balaban J connectivity index is 1.96. The molecular weight excluding hydrogens is 318 g/mol. The maximum Gasteiger partial charge on any atom is 0.323 e. The van der Waals surface area contributed by atoms with Crippen molar-refractivity contribution in [1.29, 1.82) is 0 Å². The smallest absolute Gasteiger partial charge is 0.323 e. The molecule has 0 spiro atoms. The molecule has 2 aromatic carbocycles. The lowest BCUT2D eigenvalue weighted by atomic mass is 10.1. The summed E-state index contributed by atoms with van der Waals surface area (Å²) < 4.78 is 5.29. The van der Waals surface area contributed by atoms with E-state index in [0.29, 0.717) is 19.4 Å². The van der Waals surface area contributed by atoms with Crippen molar-refractivity contribution in [2.75, 3.05) is 20.2 Å². The summed E-state index contributed by atoms with van der Waals surface area (Å²) in [6, 6.07) is 17.3. The van der Waals surface area contributed by atoms with Crippen molar-refractivity contribution in [1.82, 2.24) is 4.90 Å². The minimum atomic E-state index is -1.00. The highest BCUT2D eigenvalue weighted by Crippen LogP contribution is 2.19. The van der Waals surface area contributed by atoms with E-state index in [-0.39, 0.29) is 18.9 Å². The molecule has 0 bridgehead atoms. The van der Waals surface area contributed by atoms with Gasteiger partial charge < -0.3 is 14.7 Å². The van der Waals surface area contributed by atoms with E-state index < -0.39 is 5.97 Å². The highest BCUT2D eigenvalue weighted by molar-refractivity contribution is 5.81. The zero-order valence-electron chi connectivity index (χ0n) is 14.4. The van der Waals surface area contributed by atoms with Gasteiger partial charge in [0.15, 0.2) is 0 Å². The molecule has 5 heteroatoms. The predicted molar refractivity (Wildman–Crippen MR) is 95.7 cm³/mol. The lowest BCUT2D eigenvalue weighted by Crippen LogP contribution is -2.37. The van der Waals surface area contributed by atoms with Gasteiger partial charge in [0.25, 0.3) is 0 Å². The lowest BCUT2D eigenvalue weighted by molar-refractivity contribution is -0.144. The van der Waals surface area contributed by atoms with Crippen molar-refractivity contribution in [2.24, 2.45) is 0 Å². The van der Waals surface area contributed by atoms with E-state index in [0.717, 1.165) is 16.9 Å². The first-order valence-corrected chi connectivity index (χ1v) is 8.25. The minimum Gasteiger partial charge on any atom is -0.496 e. The molecule has 2 aromatic rings. The van der Waals surface area contributed by atoms with Crippen LogP contribution in [0.25, 0.3) is 0 Å². The Bertz CT molecular complexity index is 700. The number of aryl methyl sites for hydroxylation is 1. The number of benzene rings is 2. The Kier molecular flexibility index (Phi) is 7.01. The van der Waals surface area contributed by atoms with Gasteiger partial charge in [-0.1, -0.05) is 48.5 Å². The van der Waals surface area contributed by atoms with Crippen LogP contribution >= 0.6 is 0 Å². The predicted octanol–water partition coefficient (Wildman–Crippen LogP) is 2.78. The van der Waals surface area contributed by atoms with E-state index in [4.69, 9.17) is 9.84 Å². The van der Waals surface area contributed by atoms with Crippen LogP contribution in [0.5, 0.6) is 5.75 Å². The van der Waals surface area contributed by atoms with E-state index in [9.17, 15) is 9.59 Å². The quantitative estimate of drug-likeness (QED) is 0.762. The molecular formula is C20H23NO4.